The normalized spacial score (nSPS) is 15.7. The molecular weight excluding hydrogens is 334 g/mol. The first kappa shape index (κ1) is 19.6. The minimum Gasteiger partial charge on any atom is -0.324 e. The predicted octanol–water partition coefficient (Wildman–Crippen LogP) is 3.68. The van der Waals surface area contributed by atoms with Crippen molar-refractivity contribution in [3.63, 3.8) is 0 Å². The highest BCUT2D eigenvalue weighted by atomic mass is 16.2. The third-order valence-corrected chi connectivity index (χ3v) is 5.26. The van der Waals surface area contributed by atoms with E-state index < -0.39 is 0 Å². The van der Waals surface area contributed by atoms with Crippen LogP contribution in [0.5, 0.6) is 0 Å². The van der Waals surface area contributed by atoms with Crippen molar-refractivity contribution < 1.29 is 4.79 Å². The van der Waals surface area contributed by atoms with Crippen molar-refractivity contribution in [3.8, 4) is 0 Å². The van der Waals surface area contributed by atoms with Gasteiger partial charge in [0.05, 0.1) is 6.54 Å². The molecule has 2 aromatic carbocycles. The predicted molar refractivity (Wildman–Crippen MR) is 112 cm³/mol. The van der Waals surface area contributed by atoms with Gasteiger partial charge in [0.15, 0.2) is 0 Å². The van der Waals surface area contributed by atoms with Gasteiger partial charge in [-0.3, -0.25) is 14.6 Å². The molecule has 1 amide bonds. The van der Waals surface area contributed by atoms with E-state index in [1.807, 2.05) is 0 Å². The second-order valence-electron chi connectivity index (χ2n) is 7.86. The molecule has 27 heavy (non-hydrogen) atoms. The Morgan fingerprint density at radius 3 is 2.15 bits per heavy atom. The van der Waals surface area contributed by atoms with Crippen LogP contribution in [0.25, 0.3) is 0 Å². The molecule has 1 heterocycles. The van der Waals surface area contributed by atoms with Crippen LogP contribution in [0.3, 0.4) is 0 Å². The summed E-state index contributed by atoms with van der Waals surface area (Å²) in [4.78, 5) is 17.2. The first-order chi connectivity index (χ1) is 12.9. The lowest BCUT2D eigenvalue weighted by Crippen LogP contribution is -2.48. The van der Waals surface area contributed by atoms with Crippen LogP contribution >= 0.6 is 0 Å². The molecule has 4 heteroatoms. The van der Waals surface area contributed by atoms with Gasteiger partial charge in [0.2, 0.25) is 5.91 Å². The van der Waals surface area contributed by atoms with Crippen LogP contribution in [0.4, 0.5) is 5.69 Å². The van der Waals surface area contributed by atoms with Crippen molar-refractivity contribution >= 4 is 11.6 Å². The topological polar surface area (TPSA) is 35.6 Å². The fourth-order valence-corrected chi connectivity index (χ4v) is 3.93. The molecular formula is C23H31N3O. The minimum absolute atomic E-state index is 0.0807. The van der Waals surface area contributed by atoms with Gasteiger partial charge in [-0.2, -0.15) is 0 Å². The van der Waals surface area contributed by atoms with E-state index >= 15 is 0 Å². The molecule has 144 valence electrons. The summed E-state index contributed by atoms with van der Waals surface area (Å²) >= 11 is 0. The number of carbonyl (C=O) groups excluding carboxylic acids is 1. The molecule has 0 aliphatic carbocycles. The standard InChI is InChI=1S/C23H31N3O/c1-17-6-5-7-21(14-17)15-25-8-10-26(11-9-25)16-22(27)24-23-19(3)12-18(2)13-20(23)4/h5-7,12-14H,8-11,15-16H2,1-4H3,(H,24,27). The highest BCUT2D eigenvalue weighted by molar-refractivity contribution is 5.93. The van der Waals surface area contributed by atoms with Crippen LogP contribution in [0.15, 0.2) is 36.4 Å². The molecule has 4 nitrogen and oxygen atoms in total. The molecule has 0 spiro atoms. The molecule has 1 N–H and O–H groups in total. The third kappa shape index (κ3) is 5.41. The molecule has 0 aromatic heterocycles. The number of benzene rings is 2. The number of amides is 1. The van der Waals surface area contributed by atoms with E-state index in [2.05, 4.69) is 79.2 Å². The van der Waals surface area contributed by atoms with Gasteiger partial charge in [0, 0.05) is 38.4 Å². The summed E-state index contributed by atoms with van der Waals surface area (Å²) in [6.45, 7) is 13.7. The number of aryl methyl sites for hydroxylation is 4. The molecule has 0 atom stereocenters. The maximum atomic E-state index is 12.5. The zero-order valence-electron chi connectivity index (χ0n) is 17.0. The number of nitrogens with zero attached hydrogens (tertiary/aromatic N) is 2. The Morgan fingerprint density at radius 1 is 0.889 bits per heavy atom. The summed E-state index contributed by atoms with van der Waals surface area (Å²) in [6.07, 6.45) is 0. The van der Waals surface area contributed by atoms with Crippen LogP contribution < -0.4 is 5.32 Å². The van der Waals surface area contributed by atoms with E-state index in [4.69, 9.17) is 0 Å². The molecule has 0 saturated carbocycles. The number of piperazine rings is 1. The Labute approximate surface area is 163 Å². The monoisotopic (exact) mass is 365 g/mol. The Hall–Kier alpha value is -2.17. The van der Waals surface area contributed by atoms with Crippen LogP contribution in [0, 0.1) is 27.7 Å². The second kappa shape index (κ2) is 8.68. The number of hydrogen-bond donors (Lipinski definition) is 1. The van der Waals surface area contributed by atoms with Crippen molar-refractivity contribution in [2.75, 3.05) is 38.0 Å². The maximum absolute atomic E-state index is 12.5. The van der Waals surface area contributed by atoms with Crippen molar-refractivity contribution in [1.82, 2.24) is 9.80 Å². The highest BCUT2D eigenvalue weighted by Gasteiger charge is 2.19. The van der Waals surface area contributed by atoms with Gasteiger partial charge in [-0.15, -0.1) is 0 Å². The summed E-state index contributed by atoms with van der Waals surface area (Å²) in [5, 5.41) is 3.12. The van der Waals surface area contributed by atoms with Gasteiger partial charge in [-0.1, -0.05) is 47.5 Å². The van der Waals surface area contributed by atoms with Crippen LogP contribution in [0.1, 0.15) is 27.8 Å². The largest absolute Gasteiger partial charge is 0.324 e. The van der Waals surface area contributed by atoms with E-state index in [9.17, 15) is 4.79 Å². The summed E-state index contributed by atoms with van der Waals surface area (Å²) in [5.74, 6) is 0.0807. The fraction of sp³-hybridized carbons (Fsp3) is 0.435. The smallest absolute Gasteiger partial charge is 0.238 e. The highest BCUT2D eigenvalue weighted by Crippen LogP contribution is 2.22. The Balaban J connectivity index is 1.48. The molecule has 0 unspecified atom stereocenters. The van der Waals surface area contributed by atoms with E-state index in [0.717, 1.165) is 49.5 Å². The van der Waals surface area contributed by atoms with Gasteiger partial charge in [0.25, 0.3) is 0 Å². The molecule has 1 aliphatic heterocycles. The third-order valence-electron chi connectivity index (χ3n) is 5.26. The first-order valence-electron chi connectivity index (χ1n) is 9.78. The second-order valence-corrected chi connectivity index (χ2v) is 7.86. The maximum Gasteiger partial charge on any atom is 0.238 e. The number of anilines is 1. The lowest BCUT2D eigenvalue weighted by molar-refractivity contribution is -0.117. The number of hydrogen-bond acceptors (Lipinski definition) is 3. The molecule has 0 radical (unpaired) electrons. The molecule has 0 bridgehead atoms. The Morgan fingerprint density at radius 2 is 1.52 bits per heavy atom. The van der Waals surface area contributed by atoms with Crippen LogP contribution in [-0.4, -0.2) is 48.4 Å². The average molecular weight is 366 g/mol. The Bertz CT molecular complexity index is 784. The minimum atomic E-state index is 0.0807. The number of nitrogens with one attached hydrogen (secondary N) is 1. The quantitative estimate of drug-likeness (QED) is 0.878. The Kier molecular flexibility index (Phi) is 6.30. The number of carbonyl (C=O) groups is 1. The van der Waals surface area contributed by atoms with Gasteiger partial charge >= 0.3 is 0 Å². The zero-order valence-corrected chi connectivity index (χ0v) is 17.0. The zero-order chi connectivity index (χ0) is 19.4. The SMILES string of the molecule is Cc1cccc(CN2CCN(CC(=O)Nc3c(C)cc(C)cc3C)CC2)c1. The van der Waals surface area contributed by atoms with Crippen molar-refractivity contribution in [2.24, 2.45) is 0 Å². The molecule has 2 aromatic rings. The van der Waals surface area contributed by atoms with Crippen LogP contribution in [0.2, 0.25) is 0 Å². The summed E-state index contributed by atoms with van der Waals surface area (Å²) in [6, 6.07) is 12.9. The van der Waals surface area contributed by atoms with Gasteiger partial charge in [-0.25, -0.2) is 0 Å². The van der Waals surface area contributed by atoms with E-state index in [1.54, 1.807) is 0 Å². The lowest BCUT2D eigenvalue weighted by atomic mass is 10.1. The molecule has 3 rings (SSSR count). The molecule has 1 fully saturated rings. The van der Waals surface area contributed by atoms with E-state index in [1.165, 1.54) is 16.7 Å². The lowest BCUT2D eigenvalue weighted by Gasteiger charge is -2.34. The van der Waals surface area contributed by atoms with E-state index in [-0.39, 0.29) is 5.91 Å². The molecule has 1 saturated heterocycles. The first-order valence-corrected chi connectivity index (χ1v) is 9.78. The van der Waals surface area contributed by atoms with Crippen molar-refractivity contribution in [3.05, 3.63) is 64.2 Å². The summed E-state index contributed by atoms with van der Waals surface area (Å²) < 4.78 is 0. The van der Waals surface area contributed by atoms with E-state index in [0.29, 0.717) is 6.54 Å². The molecule has 1 aliphatic rings. The van der Waals surface area contributed by atoms with Gasteiger partial charge in [0.1, 0.15) is 0 Å². The summed E-state index contributed by atoms with van der Waals surface area (Å²) in [7, 11) is 0. The summed E-state index contributed by atoms with van der Waals surface area (Å²) in [5.41, 5.74) is 7.13. The number of rotatable bonds is 5. The fourth-order valence-electron chi connectivity index (χ4n) is 3.93. The van der Waals surface area contributed by atoms with Crippen molar-refractivity contribution in [2.45, 2.75) is 34.2 Å². The average Bonchev–Trinajstić information content (AvgIpc) is 2.60. The van der Waals surface area contributed by atoms with Crippen molar-refractivity contribution in [1.29, 1.82) is 0 Å². The van der Waals surface area contributed by atoms with Gasteiger partial charge in [-0.05, 0) is 44.4 Å². The van der Waals surface area contributed by atoms with Gasteiger partial charge < -0.3 is 5.32 Å². The van der Waals surface area contributed by atoms with Crippen LogP contribution in [-0.2, 0) is 11.3 Å².